The Balaban J connectivity index is 2.82. The molecule has 0 radical (unpaired) electrons. The van der Waals surface area contributed by atoms with E-state index in [0.717, 1.165) is 12.2 Å². The number of nitrogens with one attached hydrogen (secondary N) is 1. The van der Waals surface area contributed by atoms with E-state index in [9.17, 15) is 5.11 Å². The summed E-state index contributed by atoms with van der Waals surface area (Å²) < 4.78 is 0. The Morgan fingerprint density at radius 2 is 1.89 bits per heavy atom. The van der Waals surface area contributed by atoms with Crippen LogP contribution < -0.4 is 5.32 Å². The van der Waals surface area contributed by atoms with Gasteiger partial charge in [-0.2, -0.15) is 0 Å². The van der Waals surface area contributed by atoms with E-state index in [1.807, 2.05) is 12.1 Å². The number of rotatable bonds is 4. The lowest BCUT2D eigenvalue weighted by Crippen LogP contribution is -2.19. The average Bonchev–Trinajstić information content (AvgIpc) is 2.25. The zero-order valence-corrected chi connectivity index (χ0v) is 13.5. The van der Waals surface area contributed by atoms with Crippen LogP contribution in [0.2, 0.25) is 0 Å². The number of phenols is 1. The highest BCUT2D eigenvalue weighted by atomic mass is 79.9. The molecule has 0 saturated heterocycles. The second-order valence-corrected chi connectivity index (χ2v) is 7.30. The minimum absolute atomic E-state index is 0.0932. The van der Waals surface area contributed by atoms with Crippen LogP contribution in [0.5, 0.6) is 5.75 Å². The van der Waals surface area contributed by atoms with Crippen molar-refractivity contribution in [2.45, 2.75) is 44.9 Å². The van der Waals surface area contributed by atoms with E-state index in [1.54, 1.807) is 6.07 Å². The lowest BCUT2D eigenvalue weighted by molar-refractivity contribution is 0.475. The van der Waals surface area contributed by atoms with Gasteiger partial charge in [-0.25, -0.2) is 0 Å². The fourth-order valence-electron chi connectivity index (χ4n) is 1.59. The third kappa shape index (κ3) is 4.20. The highest BCUT2D eigenvalue weighted by molar-refractivity contribution is 9.09. The summed E-state index contributed by atoms with van der Waals surface area (Å²) in [7, 11) is 0. The fourth-order valence-corrected chi connectivity index (χ4v) is 1.75. The van der Waals surface area contributed by atoms with Crippen molar-refractivity contribution in [2.75, 3.05) is 11.9 Å². The minimum atomic E-state index is 0.0932. The molecular formula is C15H24BrNO. The van der Waals surface area contributed by atoms with Crippen LogP contribution in [-0.2, 0) is 5.41 Å². The highest BCUT2D eigenvalue weighted by Gasteiger charge is 2.16. The van der Waals surface area contributed by atoms with Crippen molar-refractivity contribution >= 4 is 21.6 Å². The minimum Gasteiger partial charge on any atom is -0.506 e. The van der Waals surface area contributed by atoms with Crippen molar-refractivity contribution in [1.29, 1.82) is 0 Å². The van der Waals surface area contributed by atoms with Crippen LogP contribution in [0.4, 0.5) is 5.69 Å². The molecule has 0 fully saturated rings. The van der Waals surface area contributed by atoms with Gasteiger partial charge in [0.15, 0.2) is 0 Å². The van der Waals surface area contributed by atoms with Gasteiger partial charge in [-0.05, 0) is 29.0 Å². The monoisotopic (exact) mass is 313 g/mol. The molecule has 1 atom stereocenters. The molecule has 0 bridgehead atoms. The van der Waals surface area contributed by atoms with Gasteiger partial charge in [-0.3, -0.25) is 0 Å². The lowest BCUT2D eigenvalue weighted by atomic mass is 9.87. The number of halogens is 1. The number of hydrogen-bond acceptors (Lipinski definition) is 2. The molecule has 0 saturated carbocycles. The first kappa shape index (κ1) is 15.4. The number of anilines is 1. The van der Waals surface area contributed by atoms with E-state index < -0.39 is 0 Å². The fraction of sp³-hybridized carbons (Fsp3) is 0.600. The quantitative estimate of drug-likeness (QED) is 0.632. The molecule has 102 valence electrons. The van der Waals surface area contributed by atoms with E-state index >= 15 is 0 Å². The summed E-state index contributed by atoms with van der Waals surface area (Å²) in [6.07, 6.45) is 0. The van der Waals surface area contributed by atoms with Gasteiger partial charge in [-0.15, -0.1) is 0 Å². The molecule has 0 aliphatic rings. The first-order valence-corrected chi connectivity index (χ1v) is 7.35. The molecule has 18 heavy (non-hydrogen) atoms. The predicted molar refractivity (Wildman–Crippen MR) is 82.8 cm³/mol. The number of benzene rings is 1. The van der Waals surface area contributed by atoms with Crippen molar-refractivity contribution in [3.05, 3.63) is 23.8 Å². The number of phenolic OH excluding ortho intramolecular Hbond substituents is 1. The number of hydrogen-bond donors (Lipinski definition) is 2. The second kappa shape index (κ2) is 5.96. The maximum absolute atomic E-state index is 9.87. The topological polar surface area (TPSA) is 32.3 Å². The van der Waals surface area contributed by atoms with Gasteiger partial charge >= 0.3 is 0 Å². The Morgan fingerprint density at radius 3 is 2.39 bits per heavy atom. The molecule has 1 rings (SSSR count). The molecule has 0 spiro atoms. The van der Waals surface area contributed by atoms with Crippen molar-refractivity contribution in [1.82, 2.24) is 0 Å². The zero-order valence-electron chi connectivity index (χ0n) is 11.9. The molecule has 0 aliphatic carbocycles. The summed E-state index contributed by atoms with van der Waals surface area (Å²) in [4.78, 5) is 0.398. The van der Waals surface area contributed by atoms with Gasteiger partial charge in [-0.1, -0.05) is 56.6 Å². The Hall–Kier alpha value is -0.700. The standard InChI is InChI=1S/C15H24BrNO/c1-10(2)12(16)9-17-13-8-11(15(3,4)5)6-7-14(13)18/h6-8,10,12,17-18H,9H2,1-5H3. The average molecular weight is 314 g/mol. The number of aromatic hydroxyl groups is 1. The van der Waals surface area contributed by atoms with Gasteiger partial charge in [0.2, 0.25) is 0 Å². The number of alkyl halides is 1. The molecule has 3 heteroatoms. The summed E-state index contributed by atoms with van der Waals surface area (Å²) in [5.74, 6) is 0.872. The summed E-state index contributed by atoms with van der Waals surface area (Å²) in [5.41, 5.74) is 2.13. The van der Waals surface area contributed by atoms with E-state index in [2.05, 4.69) is 55.9 Å². The van der Waals surface area contributed by atoms with E-state index in [0.29, 0.717) is 16.5 Å². The molecule has 1 unspecified atom stereocenters. The van der Waals surface area contributed by atoms with Crippen molar-refractivity contribution in [2.24, 2.45) is 5.92 Å². The summed E-state index contributed by atoms with van der Waals surface area (Å²) in [5, 5.41) is 13.2. The molecule has 0 amide bonds. The Kier molecular flexibility index (Phi) is 5.09. The zero-order chi connectivity index (χ0) is 13.9. The van der Waals surface area contributed by atoms with Crippen LogP contribution in [0.3, 0.4) is 0 Å². The predicted octanol–water partition coefficient (Wildman–Crippen LogP) is 4.52. The molecule has 2 nitrogen and oxygen atoms in total. The van der Waals surface area contributed by atoms with Crippen molar-refractivity contribution < 1.29 is 5.11 Å². The second-order valence-electron chi connectivity index (χ2n) is 6.12. The molecule has 1 aromatic carbocycles. The van der Waals surface area contributed by atoms with Crippen LogP contribution in [0.15, 0.2) is 18.2 Å². The lowest BCUT2D eigenvalue weighted by Gasteiger charge is -2.21. The van der Waals surface area contributed by atoms with Crippen LogP contribution in [-0.4, -0.2) is 16.5 Å². The summed E-state index contributed by atoms with van der Waals surface area (Å²) in [6.45, 7) is 11.7. The van der Waals surface area contributed by atoms with Gasteiger partial charge in [0.05, 0.1) is 5.69 Å². The maximum atomic E-state index is 9.87. The summed E-state index contributed by atoms with van der Waals surface area (Å²) in [6, 6.07) is 5.78. The Labute approximate surface area is 119 Å². The van der Waals surface area contributed by atoms with E-state index in [4.69, 9.17) is 0 Å². The maximum Gasteiger partial charge on any atom is 0.138 e. The SMILES string of the molecule is CC(C)C(Br)CNc1cc(C(C)(C)C)ccc1O. The van der Waals surface area contributed by atoms with Crippen LogP contribution >= 0.6 is 15.9 Å². The van der Waals surface area contributed by atoms with Crippen LogP contribution in [0, 0.1) is 5.92 Å². The molecule has 1 aromatic rings. The molecular weight excluding hydrogens is 290 g/mol. The molecule has 0 aliphatic heterocycles. The Morgan fingerprint density at radius 1 is 1.28 bits per heavy atom. The summed E-state index contributed by atoms with van der Waals surface area (Å²) >= 11 is 3.64. The molecule has 0 heterocycles. The smallest absolute Gasteiger partial charge is 0.138 e. The van der Waals surface area contributed by atoms with Gasteiger partial charge < -0.3 is 10.4 Å². The third-order valence-electron chi connectivity index (χ3n) is 3.07. The van der Waals surface area contributed by atoms with Crippen LogP contribution in [0.25, 0.3) is 0 Å². The van der Waals surface area contributed by atoms with E-state index in [1.165, 1.54) is 5.56 Å². The van der Waals surface area contributed by atoms with Crippen molar-refractivity contribution in [3.63, 3.8) is 0 Å². The first-order chi connectivity index (χ1) is 8.21. The van der Waals surface area contributed by atoms with Crippen molar-refractivity contribution in [3.8, 4) is 5.75 Å². The first-order valence-electron chi connectivity index (χ1n) is 6.43. The Bertz CT molecular complexity index is 396. The third-order valence-corrected chi connectivity index (χ3v) is 4.45. The highest BCUT2D eigenvalue weighted by Crippen LogP contribution is 2.31. The van der Waals surface area contributed by atoms with Gasteiger partial charge in [0.25, 0.3) is 0 Å². The van der Waals surface area contributed by atoms with Gasteiger partial charge in [0, 0.05) is 11.4 Å². The van der Waals surface area contributed by atoms with Gasteiger partial charge in [0.1, 0.15) is 5.75 Å². The largest absolute Gasteiger partial charge is 0.506 e. The van der Waals surface area contributed by atoms with Crippen LogP contribution in [0.1, 0.15) is 40.2 Å². The molecule has 2 N–H and O–H groups in total. The van der Waals surface area contributed by atoms with E-state index in [-0.39, 0.29) is 5.41 Å². The normalized spacial score (nSPS) is 13.7. The molecule has 0 aromatic heterocycles.